The smallest absolute Gasteiger partial charge is 0.242 e. The van der Waals surface area contributed by atoms with Crippen LogP contribution in [0.5, 0.6) is 11.5 Å². The minimum absolute atomic E-state index is 0.0255. The molecule has 0 aromatic heterocycles. The van der Waals surface area contributed by atoms with E-state index < -0.39 is 12.1 Å². The van der Waals surface area contributed by atoms with Crippen LogP contribution in [-0.4, -0.2) is 44.1 Å². The number of ether oxygens (including phenoxy) is 2. The molecule has 1 fully saturated rings. The second-order valence-corrected chi connectivity index (χ2v) is 10.1. The Morgan fingerprint density at radius 2 is 1.62 bits per heavy atom. The normalized spacial score (nSPS) is 15.1. The lowest BCUT2D eigenvalue weighted by molar-refractivity contribution is -0.130. The van der Waals surface area contributed by atoms with E-state index in [0.717, 1.165) is 17.5 Å². The molecule has 10 heteroatoms. The molecule has 0 unspecified atom stereocenters. The van der Waals surface area contributed by atoms with Crippen molar-refractivity contribution < 1.29 is 19.1 Å². The highest BCUT2D eigenvalue weighted by molar-refractivity contribution is 5.89. The molecule has 39 heavy (non-hydrogen) atoms. The van der Waals surface area contributed by atoms with Gasteiger partial charge in [-0.1, -0.05) is 50.3 Å². The van der Waals surface area contributed by atoms with E-state index in [1.54, 1.807) is 32.4 Å². The van der Waals surface area contributed by atoms with Crippen LogP contribution in [0, 0.1) is 5.92 Å². The summed E-state index contributed by atoms with van der Waals surface area (Å²) in [6, 6.07) is 11.2. The molecule has 8 N–H and O–H groups in total. The minimum atomic E-state index is -0.810. The SMILES string of the molecule is COc1ccc(CNC(=O)[C@H](CCC2CCCCC2)NC(=O)[C@@H](N)Cc2ccc(N=C(N)N)cc2)cc1OC. The van der Waals surface area contributed by atoms with Crippen molar-refractivity contribution in [3.8, 4) is 11.5 Å². The Labute approximate surface area is 230 Å². The van der Waals surface area contributed by atoms with Crippen LogP contribution < -0.4 is 37.3 Å². The van der Waals surface area contributed by atoms with E-state index in [4.69, 9.17) is 26.7 Å². The molecular formula is C29H42N6O4. The predicted molar refractivity (Wildman–Crippen MR) is 153 cm³/mol. The molecule has 1 aliphatic rings. The second kappa shape index (κ2) is 15.0. The summed E-state index contributed by atoms with van der Waals surface area (Å²) < 4.78 is 10.6. The first kappa shape index (κ1) is 29.8. The largest absolute Gasteiger partial charge is 0.493 e. The standard InChI is InChI=1S/C29H42N6O4/c1-38-25-15-11-21(17-26(25)39-2)18-33-28(37)24(14-10-19-6-4-3-5-7-19)35-27(36)23(30)16-20-8-12-22(13-9-20)34-29(31)32/h8-9,11-13,15,17,19,23-24H,3-7,10,14,16,18,30H2,1-2H3,(H,33,37)(H,35,36)(H4,31,32,34)/t23-,24-/m0/s1. The Hall–Kier alpha value is -3.79. The average molecular weight is 539 g/mol. The third-order valence-corrected chi connectivity index (χ3v) is 7.12. The molecule has 1 aliphatic carbocycles. The van der Waals surface area contributed by atoms with E-state index >= 15 is 0 Å². The molecule has 0 radical (unpaired) electrons. The van der Waals surface area contributed by atoms with E-state index in [-0.39, 0.29) is 17.8 Å². The van der Waals surface area contributed by atoms with Gasteiger partial charge in [0.2, 0.25) is 11.8 Å². The molecule has 2 aromatic carbocycles. The molecule has 0 bridgehead atoms. The summed E-state index contributed by atoms with van der Waals surface area (Å²) in [6.07, 6.45) is 7.82. The number of amides is 2. The zero-order chi connectivity index (χ0) is 28.2. The van der Waals surface area contributed by atoms with Crippen LogP contribution in [0.4, 0.5) is 5.69 Å². The number of carbonyl (C=O) groups excluding carboxylic acids is 2. The number of nitrogens with two attached hydrogens (primary N) is 3. The van der Waals surface area contributed by atoms with Gasteiger partial charge in [0.1, 0.15) is 6.04 Å². The monoisotopic (exact) mass is 538 g/mol. The maximum absolute atomic E-state index is 13.3. The first-order valence-corrected chi connectivity index (χ1v) is 13.5. The summed E-state index contributed by atoms with van der Waals surface area (Å²) in [7, 11) is 3.14. The maximum Gasteiger partial charge on any atom is 0.242 e. The fourth-order valence-corrected chi connectivity index (χ4v) is 4.93. The molecule has 10 nitrogen and oxygen atoms in total. The number of hydrogen-bond donors (Lipinski definition) is 5. The molecule has 0 saturated heterocycles. The van der Waals surface area contributed by atoms with Crippen LogP contribution in [0.25, 0.3) is 0 Å². The molecule has 3 rings (SSSR count). The fraction of sp³-hybridized carbons (Fsp3) is 0.483. The number of nitrogens with zero attached hydrogens (tertiary/aromatic N) is 1. The van der Waals surface area contributed by atoms with Gasteiger partial charge in [0.15, 0.2) is 17.5 Å². The Morgan fingerprint density at radius 1 is 0.949 bits per heavy atom. The van der Waals surface area contributed by atoms with Crippen molar-refractivity contribution in [2.24, 2.45) is 28.1 Å². The van der Waals surface area contributed by atoms with Gasteiger partial charge in [-0.25, -0.2) is 4.99 Å². The van der Waals surface area contributed by atoms with Crippen molar-refractivity contribution >= 4 is 23.5 Å². The number of hydrogen-bond acceptors (Lipinski definition) is 6. The Balaban J connectivity index is 1.62. The van der Waals surface area contributed by atoms with Crippen molar-refractivity contribution in [3.05, 3.63) is 53.6 Å². The highest BCUT2D eigenvalue weighted by Crippen LogP contribution is 2.29. The topological polar surface area (TPSA) is 167 Å². The lowest BCUT2D eigenvalue weighted by Crippen LogP contribution is -2.52. The van der Waals surface area contributed by atoms with Crippen LogP contribution in [0.15, 0.2) is 47.5 Å². The van der Waals surface area contributed by atoms with Crippen molar-refractivity contribution in [3.63, 3.8) is 0 Å². The fourth-order valence-electron chi connectivity index (χ4n) is 4.93. The quantitative estimate of drug-likeness (QED) is 0.193. The number of nitrogens with one attached hydrogen (secondary N) is 2. The summed E-state index contributed by atoms with van der Waals surface area (Å²) in [6.45, 7) is 0.295. The number of guanidine groups is 1. The van der Waals surface area contributed by atoms with Gasteiger partial charge in [0.05, 0.1) is 25.9 Å². The summed E-state index contributed by atoms with van der Waals surface area (Å²) >= 11 is 0. The number of benzene rings is 2. The van der Waals surface area contributed by atoms with Gasteiger partial charge in [-0.2, -0.15) is 0 Å². The molecular weight excluding hydrogens is 496 g/mol. The maximum atomic E-state index is 13.3. The van der Waals surface area contributed by atoms with Gasteiger partial charge in [-0.15, -0.1) is 0 Å². The summed E-state index contributed by atoms with van der Waals surface area (Å²) in [4.78, 5) is 30.3. The zero-order valence-corrected chi connectivity index (χ0v) is 22.9. The van der Waals surface area contributed by atoms with Gasteiger partial charge in [-0.05, 0) is 60.6 Å². The second-order valence-electron chi connectivity index (χ2n) is 10.1. The first-order chi connectivity index (χ1) is 18.8. The van der Waals surface area contributed by atoms with E-state index in [9.17, 15) is 9.59 Å². The van der Waals surface area contributed by atoms with Crippen LogP contribution >= 0.6 is 0 Å². The van der Waals surface area contributed by atoms with Crippen LogP contribution in [0.3, 0.4) is 0 Å². The van der Waals surface area contributed by atoms with Gasteiger partial charge in [0, 0.05) is 6.54 Å². The van der Waals surface area contributed by atoms with Crippen LogP contribution in [0.1, 0.15) is 56.1 Å². The Kier molecular flexibility index (Phi) is 11.4. The molecule has 0 aliphatic heterocycles. The van der Waals surface area contributed by atoms with E-state index in [1.807, 2.05) is 24.3 Å². The molecule has 2 aromatic rings. The zero-order valence-electron chi connectivity index (χ0n) is 22.9. The van der Waals surface area contributed by atoms with Gasteiger partial charge >= 0.3 is 0 Å². The number of methoxy groups -OCH3 is 2. The van der Waals surface area contributed by atoms with Crippen LogP contribution in [-0.2, 0) is 22.6 Å². The summed E-state index contributed by atoms with van der Waals surface area (Å²) in [5.74, 6) is 1.16. The Bertz CT molecular complexity index is 1110. The third kappa shape index (κ3) is 9.47. The molecule has 212 valence electrons. The summed E-state index contributed by atoms with van der Waals surface area (Å²) in [5, 5.41) is 5.88. The lowest BCUT2D eigenvalue weighted by atomic mass is 9.85. The number of carbonyl (C=O) groups is 2. The van der Waals surface area contributed by atoms with E-state index in [0.29, 0.717) is 42.5 Å². The molecule has 1 saturated carbocycles. The van der Waals surface area contributed by atoms with Gasteiger partial charge in [0.25, 0.3) is 0 Å². The first-order valence-electron chi connectivity index (χ1n) is 13.5. The Morgan fingerprint density at radius 3 is 2.26 bits per heavy atom. The van der Waals surface area contributed by atoms with Crippen molar-refractivity contribution in [2.45, 2.75) is 70.0 Å². The van der Waals surface area contributed by atoms with Crippen molar-refractivity contribution in [2.75, 3.05) is 14.2 Å². The van der Waals surface area contributed by atoms with Crippen LogP contribution in [0.2, 0.25) is 0 Å². The molecule has 2 atom stereocenters. The third-order valence-electron chi connectivity index (χ3n) is 7.12. The predicted octanol–water partition coefficient (Wildman–Crippen LogP) is 2.64. The van der Waals surface area contributed by atoms with Crippen molar-refractivity contribution in [1.29, 1.82) is 0 Å². The molecule has 0 spiro atoms. The van der Waals surface area contributed by atoms with Gasteiger partial charge in [-0.3, -0.25) is 9.59 Å². The highest BCUT2D eigenvalue weighted by atomic mass is 16.5. The van der Waals surface area contributed by atoms with E-state index in [1.165, 1.54) is 32.1 Å². The highest BCUT2D eigenvalue weighted by Gasteiger charge is 2.25. The summed E-state index contributed by atoms with van der Waals surface area (Å²) in [5.41, 5.74) is 19.4. The lowest BCUT2D eigenvalue weighted by Gasteiger charge is -2.25. The molecule has 2 amide bonds. The average Bonchev–Trinajstić information content (AvgIpc) is 2.94. The van der Waals surface area contributed by atoms with E-state index in [2.05, 4.69) is 15.6 Å². The number of aliphatic imine (C=N–C) groups is 1. The van der Waals surface area contributed by atoms with Gasteiger partial charge < -0.3 is 37.3 Å². The number of rotatable bonds is 13. The molecule has 0 heterocycles. The minimum Gasteiger partial charge on any atom is -0.493 e. The van der Waals surface area contributed by atoms with Crippen molar-refractivity contribution in [1.82, 2.24) is 10.6 Å².